The number of amides is 2. The molecule has 7 heteroatoms. The highest BCUT2D eigenvalue weighted by molar-refractivity contribution is 6.05. The quantitative estimate of drug-likeness (QED) is 0.451. The van der Waals surface area contributed by atoms with Crippen LogP contribution in [0.2, 0.25) is 0 Å². The second kappa shape index (κ2) is 9.56. The van der Waals surface area contributed by atoms with Gasteiger partial charge in [0.25, 0.3) is 11.8 Å². The van der Waals surface area contributed by atoms with Gasteiger partial charge in [0.1, 0.15) is 11.6 Å². The summed E-state index contributed by atoms with van der Waals surface area (Å²) in [6.07, 6.45) is 0.566. The second-order valence-corrected chi connectivity index (χ2v) is 7.77. The smallest absolute Gasteiger partial charge is 0.255 e. The second-order valence-electron chi connectivity index (χ2n) is 7.77. The molecular weight excluding hydrogens is 416 g/mol. The molecule has 33 heavy (non-hydrogen) atoms. The van der Waals surface area contributed by atoms with Gasteiger partial charge < -0.3 is 19.9 Å². The number of nitrogens with one attached hydrogen (secondary N) is 2. The number of fused-ring (bicyclic) bond motifs is 1. The Labute approximate surface area is 192 Å². The highest BCUT2D eigenvalue weighted by Gasteiger charge is 2.14. The van der Waals surface area contributed by atoms with Crippen LogP contribution in [0.4, 0.5) is 5.69 Å². The minimum Gasteiger partial charge on any atom is -0.496 e. The number of aromatic nitrogens is 2. The Bertz CT molecular complexity index is 1330. The van der Waals surface area contributed by atoms with Crippen LogP contribution in [-0.2, 0) is 13.5 Å². The van der Waals surface area contributed by atoms with Gasteiger partial charge in [-0.05, 0) is 48.9 Å². The van der Waals surface area contributed by atoms with E-state index in [1.807, 2.05) is 61.0 Å². The number of para-hydroxylation sites is 1. The highest BCUT2D eigenvalue weighted by atomic mass is 16.5. The van der Waals surface area contributed by atoms with Crippen molar-refractivity contribution in [1.82, 2.24) is 14.9 Å². The SMILES string of the molecule is COc1ccccc1C(=O)NCCc1nc2cc(NC(=O)c3ccccc3C)ccc2n1C. The number of hydrogen-bond donors (Lipinski definition) is 2. The van der Waals surface area contributed by atoms with Crippen LogP contribution in [0.1, 0.15) is 32.1 Å². The molecule has 0 saturated heterocycles. The number of nitrogens with zero attached hydrogens (tertiary/aromatic N) is 2. The van der Waals surface area contributed by atoms with Crippen molar-refractivity contribution in [3.63, 3.8) is 0 Å². The number of methoxy groups -OCH3 is 1. The molecule has 2 amide bonds. The summed E-state index contributed by atoms with van der Waals surface area (Å²) in [4.78, 5) is 29.8. The molecule has 0 aliphatic rings. The number of anilines is 1. The zero-order valence-electron chi connectivity index (χ0n) is 18.9. The number of hydrogen-bond acceptors (Lipinski definition) is 4. The van der Waals surface area contributed by atoms with Gasteiger partial charge in [-0.15, -0.1) is 0 Å². The van der Waals surface area contributed by atoms with E-state index in [0.29, 0.717) is 35.5 Å². The van der Waals surface area contributed by atoms with E-state index in [4.69, 9.17) is 9.72 Å². The Hall–Kier alpha value is -4.13. The number of ether oxygens (including phenoxy) is 1. The Kier molecular flexibility index (Phi) is 6.40. The van der Waals surface area contributed by atoms with E-state index in [1.165, 1.54) is 0 Å². The van der Waals surface area contributed by atoms with Crippen LogP contribution < -0.4 is 15.4 Å². The summed E-state index contributed by atoms with van der Waals surface area (Å²) in [6, 6.07) is 20.3. The molecule has 0 unspecified atom stereocenters. The van der Waals surface area contributed by atoms with E-state index in [2.05, 4.69) is 10.6 Å². The van der Waals surface area contributed by atoms with Crippen molar-refractivity contribution in [3.8, 4) is 5.75 Å². The number of aryl methyl sites for hydroxylation is 2. The predicted molar refractivity (Wildman–Crippen MR) is 129 cm³/mol. The molecule has 168 valence electrons. The van der Waals surface area contributed by atoms with Crippen LogP contribution in [0.3, 0.4) is 0 Å². The fraction of sp³-hybridized carbons (Fsp3) is 0.192. The zero-order chi connectivity index (χ0) is 23.4. The zero-order valence-corrected chi connectivity index (χ0v) is 18.9. The lowest BCUT2D eigenvalue weighted by Gasteiger charge is -2.09. The molecule has 7 nitrogen and oxygen atoms in total. The van der Waals surface area contributed by atoms with Crippen LogP contribution in [0.15, 0.2) is 66.7 Å². The lowest BCUT2D eigenvalue weighted by molar-refractivity contribution is 0.0950. The topological polar surface area (TPSA) is 85.2 Å². The lowest BCUT2D eigenvalue weighted by atomic mass is 10.1. The summed E-state index contributed by atoms with van der Waals surface area (Å²) in [5.74, 6) is 1.04. The molecule has 4 rings (SSSR count). The lowest BCUT2D eigenvalue weighted by Crippen LogP contribution is -2.26. The number of carbonyl (C=O) groups is 2. The number of rotatable bonds is 7. The number of imidazole rings is 1. The van der Waals surface area contributed by atoms with E-state index >= 15 is 0 Å². The summed E-state index contributed by atoms with van der Waals surface area (Å²) in [6.45, 7) is 2.35. The van der Waals surface area contributed by atoms with Gasteiger partial charge in [0.15, 0.2) is 0 Å². The molecule has 0 fully saturated rings. The van der Waals surface area contributed by atoms with E-state index < -0.39 is 0 Å². The summed E-state index contributed by atoms with van der Waals surface area (Å²) >= 11 is 0. The van der Waals surface area contributed by atoms with Crippen molar-refractivity contribution in [2.24, 2.45) is 7.05 Å². The van der Waals surface area contributed by atoms with Gasteiger partial charge in [-0.3, -0.25) is 9.59 Å². The van der Waals surface area contributed by atoms with Crippen LogP contribution in [0, 0.1) is 6.92 Å². The van der Waals surface area contributed by atoms with E-state index in [0.717, 1.165) is 22.4 Å². The average molecular weight is 443 g/mol. The average Bonchev–Trinajstić information content (AvgIpc) is 3.13. The maximum atomic E-state index is 12.6. The van der Waals surface area contributed by atoms with Crippen LogP contribution in [-0.4, -0.2) is 35.0 Å². The molecular formula is C26H26N4O3. The first-order valence-electron chi connectivity index (χ1n) is 10.7. The largest absolute Gasteiger partial charge is 0.496 e. The summed E-state index contributed by atoms with van der Waals surface area (Å²) in [5.41, 5.74) is 4.49. The molecule has 4 aromatic rings. The molecule has 0 aliphatic carbocycles. The number of benzene rings is 3. The third-order valence-corrected chi connectivity index (χ3v) is 5.61. The predicted octanol–water partition coefficient (Wildman–Crippen LogP) is 4.12. The third kappa shape index (κ3) is 4.72. The molecule has 0 spiro atoms. The van der Waals surface area contributed by atoms with Crippen molar-refractivity contribution in [2.75, 3.05) is 19.0 Å². The summed E-state index contributed by atoms with van der Waals surface area (Å²) in [5, 5.41) is 5.88. The molecule has 3 aromatic carbocycles. The Morgan fingerprint density at radius 3 is 2.45 bits per heavy atom. The van der Waals surface area contributed by atoms with Crippen molar-refractivity contribution in [1.29, 1.82) is 0 Å². The van der Waals surface area contributed by atoms with Gasteiger partial charge in [-0.25, -0.2) is 4.98 Å². The van der Waals surface area contributed by atoms with Crippen LogP contribution in [0.25, 0.3) is 11.0 Å². The fourth-order valence-corrected chi connectivity index (χ4v) is 3.79. The Morgan fingerprint density at radius 1 is 0.970 bits per heavy atom. The fourth-order valence-electron chi connectivity index (χ4n) is 3.79. The van der Waals surface area contributed by atoms with Crippen molar-refractivity contribution in [3.05, 3.63) is 89.2 Å². The molecule has 0 bridgehead atoms. The van der Waals surface area contributed by atoms with Crippen LogP contribution >= 0.6 is 0 Å². The first-order chi connectivity index (χ1) is 16.0. The van der Waals surface area contributed by atoms with Gasteiger partial charge in [-0.1, -0.05) is 30.3 Å². The minimum atomic E-state index is -0.188. The Balaban J connectivity index is 1.44. The van der Waals surface area contributed by atoms with E-state index in [-0.39, 0.29) is 11.8 Å². The molecule has 1 heterocycles. The molecule has 0 atom stereocenters. The molecule has 0 aliphatic heterocycles. The van der Waals surface area contributed by atoms with Crippen molar-refractivity contribution >= 4 is 28.5 Å². The monoisotopic (exact) mass is 442 g/mol. The maximum absolute atomic E-state index is 12.6. The molecule has 0 radical (unpaired) electrons. The first-order valence-corrected chi connectivity index (χ1v) is 10.7. The van der Waals surface area contributed by atoms with Crippen molar-refractivity contribution in [2.45, 2.75) is 13.3 Å². The van der Waals surface area contributed by atoms with Gasteiger partial charge in [-0.2, -0.15) is 0 Å². The van der Waals surface area contributed by atoms with Gasteiger partial charge >= 0.3 is 0 Å². The van der Waals surface area contributed by atoms with E-state index in [9.17, 15) is 9.59 Å². The molecule has 1 aromatic heterocycles. The maximum Gasteiger partial charge on any atom is 0.255 e. The molecule has 2 N–H and O–H groups in total. The van der Waals surface area contributed by atoms with E-state index in [1.54, 1.807) is 31.4 Å². The first kappa shape index (κ1) is 22.1. The summed E-state index contributed by atoms with van der Waals surface area (Å²) < 4.78 is 7.25. The highest BCUT2D eigenvalue weighted by Crippen LogP contribution is 2.21. The van der Waals surface area contributed by atoms with Gasteiger partial charge in [0.05, 0.1) is 23.7 Å². The normalized spacial score (nSPS) is 10.8. The van der Waals surface area contributed by atoms with Gasteiger partial charge in [0, 0.05) is 31.3 Å². The Morgan fingerprint density at radius 2 is 1.70 bits per heavy atom. The number of carbonyl (C=O) groups excluding carboxylic acids is 2. The van der Waals surface area contributed by atoms with Crippen LogP contribution in [0.5, 0.6) is 5.75 Å². The third-order valence-electron chi connectivity index (χ3n) is 5.61. The summed E-state index contributed by atoms with van der Waals surface area (Å²) in [7, 11) is 3.49. The van der Waals surface area contributed by atoms with Gasteiger partial charge in [0.2, 0.25) is 0 Å². The van der Waals surface area contributed by atoms with Crippen molar-refractivity contribution < 1.29 is 14.3 Å². The minimum absolute atomic E-state index is 0.150. The molecule has 0 saturated carbocycles. The standard InChI is InChI=1S/C26H26N4O3/c1-17-8-4-5-9-19(17)26(32)28-18-12-13-22-21(16-18)29-24(30(22)2)14-15-27-25(31)20-10-6-7-11-23(20)33-3/h4-13,16H,14-15H2,1-3H3,(H,27,31)(H,28,32).